The van der Waals surface area contributed by atoms with Gasteiger partial charge < -0.3 is 15.0 Å². The van der Waals surface area contributed by atoms with Crippen molar-refractivity contribution in [2.45, 2.75) is 84.5 Å². The molecule has 1 heterocycles. The third-order valence-corrected chi connectivity index (χ3v) is 4.07. The minimum absolute atomic E-state index is 0.432. The van der Waals surface area contributed by atoms with Crippen molar-refractivity contribution in [2.75, 3.05) is 26.2 Å². The molecule has 0 aliphatic carbocycles. The second-order valence-electron chi connectivity index (χ2n) is 6.53. The molecule has 1 aliphatic rings. The summed E-state index contributed by atoms with van der Waals surface area (Å²) in [5, 5.41) is 3.49. The summed E-state index contributed by atoms with van der Waals surface area (Å²) < 4.78 is 6.20. The van der Waals surface area contributed by atoms with Crippen molar-refractivity contribution < 1.29 is 4.74 Å². The van der Waals surface area contributed by atoms with Crippen LogP contribution in [-0.4, -0.2) is 49.3 Å². The molecular weight excluding hydrogens is 248 g/mol. The molecule has 20 heavy (non-hydrogen) atoms. The predicted molar refractivity (Wildman–Crippen MR) is 87.3 cm³/mol. The third-order valence-electron chi connectivity index (χ3n) is 4.07. The summed E-state index contributed by atoms with van der Waals surface area (Å²) in [5.41, 5.74) is 0. The van der Waals surface area contributed by atoms with Crippen molar-refractivity contribution in [1.82, 2.24) is 10.2 Å². The van der Waals surface area contributed by atoms with Crippen molar-refractivity contribution in [2.24, 2.45) is 0 Å². The lowest BCUT2D eigenvalue weighted by atomic mass is 10.1. The van der Waals surface area contributed by atoms with Crippen LogP contribution in [0.15, 0.2) is 0 Å². The van der Waals surface area contributed by atoms with E-state index in [1.54, 1.807) is 0 Å². The predicted octanol–water partition coefficient (Wildman–Crippen LogP) is 3.43. The molecule has 0 aromatic carbocycles. The highest BCUT2D eigenvalue weighted by atomic mass is 16.5. The maximum atomic E-state index is 6.20. The van der Waals surface area contributed by atoms with Gasteiger partial charge in [0.2, 0.25) is 0 Å². The number of hydrogen-bond donors (Lipinski definition) is 1. The average molecular weight is 284 g/mol. The van der Waals surface area contributed by atoms with E-state index in [4.69, 9.17) is 4.74 Å². The maximum absolute atomic E-state index is 6.20. The Kier molecular flexibility index (Phi) is 9.49. The Balaban J connectivity index is 2.26. The van der Waals surface area contributed by atoms with E-state index in [1.807, 2.05) is 0 Å². The van der Waals surface area contributed by atoms with E-state index in [0.717, 1.165) is 13.1 Å². The number of nitrogens with one attached hydrogen (secondary N) is 1. The summed E-state index contributed by atoms with van der Waals surface area (Å²) >= 11 is 0. The molecule has 3 heteroatoms. The SMILES string of the molecule is CCCCN(CCCC)CC1CCC(CNC(C)C)O1. The van der Waals surface area contributed by atoms with Crippen molar-refractivity contribution >= 4 is 0 Å². The quantitative estimate of drug-likeness (QED) is 0.629. The first-order chi connectivity index (χ1) is 9.65. The molecule has 0 spiro atoms. The van der Waals surface area contributed by atoms with Crippen LogP contribution in [0.5, 0.6) is 0 Å². The van der Waals surface area contributed by atoms with Crippen LogP contribution in [0.3, 0.4) is 0 Å². The lowest BCUT2D eigenvalue weighted by molar-refractivity contribution is 0.0221. The summed E-state index contributed by atoms with van der Waals surface area (Å²) in [5.74, 6) is 0. The number of nitrogens with zero attached hydrogens (tertiary/aromatic N) is 1. The van der Waals surface area contributed by atoms with Crippen LogP contribution in [0.4, 0.5) is 0 Å². The molecule has 0 bridgehead atoms. The van der Waals surface area contributed by atoms with E-state index in [9.17, 15) is 0 Å². The van der Waals surface area contributed by atoms with Crippen LogP contribution < -0.4 is 5.32 Å². The Morgan fingerprint density at radius 2 is 1.65 bits per heavy atom. The van der Waals surface area contributed by atoms with Gasteiger partial charge in [0.1, 0.15) is 0 Å². The highest BCUT2D eigenvalue weighted by molar-refractivity contribution is 4.78. The van der Waals surface area contributed by atoms with Gasteiger partial charge in [0.25, 0.3) is 0 Å². The Bertz CT molecular complexity index is 225. The molecule has 0 amide bonds. The van der Waals surface area contributed by atoms with E-state index in [2.05, 4.69) is 37.9 Å². The minimum atomic E-state index is 0.432. The fraction of sp³-hybridized carbons (Fsp3) is 1.00. The van der Waals surface area contributed by atoms with Gasteiger partial charge in [-0.05, 0) is 38.8 Å². The molecule has 1 saturated heterocycles. The van der Waals surface area contributed by atoms with E-state index < -0.39 is 0 Å². The second-order valence-corrected chi connectivity index (χ2v) is 6.53. The third kappa shape index (κ3) is 7.61. The molecule has 0 saturated carbocycles. The Morgan fingerprint density at radius 1 is 1.05 bits per heavy atom. The number of ether oxygens (including phenoxy) is 1. The first-order valence-electron chi connectivity index (χ1n) is 8.76. The largest absolute Gasteiger partial charge is 0.372 e. The Morgan fingerprint density at radius 3 is 2.20 bits per heavy atom. The van der Waals surface area contributed by atoms with Crippen LogP contribution in [-0.2, 0) is 4.74 Å². The summed E-state index contributed by atoms with van der Waals surface area (Å²) in [7, 11) is 0. The number of hydrogen-bond acceptors (Lipinski definition) is 3. The van der Waals surface area contributed by atoms with Gasteiger partial charge in [0.05, 0.1) is 12.2 Å². The fourth-order valence-corrected chi connectivity index (χ4v) is 2.78. The van der Waals surface area contributed by atoms with Crippen molar-refractivity contribution in [3.8, 4) is 0 Å². The van der Waals surface area contributed by atoms with Crippen molar-refractivity contribution in [1.29, 1.82) is 0 Å². The van der Waals surface area contributed by atoms with Gasteiger partial charge in [0, 0.05) is 19.1 Å². The summed E-state index contributed by atoms with van der Waals surface area (Å²) in [6.45, 7) is 13.6. The zero-order valence-electron chi connectivity index (χ0n) is 14.2. The molecule has 1 aliphatic heterocycles. The number of rotatable bonds is 11. The van der Waals surface area contributed by atoms with Gasteiger partial charge in [-0.2, -0.15) is 0 Å². The van der Waals surface area contributed by atoms with Crippen molar-refractivity contribution in [3.05, 3.63) is 0 Å². The molecule has 0 aromatic rings. The molecule has 1 fully saturated rings. The zero-order valence-corrected chi connectivity index (χ0v) is 14.2. The standard InChI is InChI=1S/C17H36N2O/c1-5-7-11-19(12-8-6-2)14-17-10-9-16(20-17)13-18-15(3)4/h15-18H,5-14H2,1-4H3. The van der Waals surface area contributed by atoms with Crippen LogP contribution in [0.25, 0.3) is 0 Å². The Hall–Kier alpha value is -0.120. The normalized spacial score (nSPS) is 23.1. The van der Waals surface area contributed by atoms with Gasteiger partial charge in [-0.1, -0.05) is 40.5 Å². The molecule has 3 nitrogen and oxygen atoms in total. The van der Waals surface area contributed by atoms with Gasteiger partial charge in [-0.15, -0.1) is 0 Å². The van der Waals surface area contributed by atoms with Crippen LogP contribution >= 0.6 is 0 Å². The van der Waals surface area contributed by atoms with Crippen LogP contribution in [0.2, 0.25) is 0 Å². The highest BCUT2D eigenvalue weighted by Gasteiger charge is 2.26. The molecule has 2 unspecified atom stereocenters. The second kappa shape index (κ2) is 10.6. The molecule has 0 aromatic heterocycles. The van der Waals surface area contributed by atoms with Gasteiger partial charge in [-0.25, -0.2) is 0 Å². The monoisotopic (exact) mass is 284 g/mol. The van der Waals surface area contributed by atoms with E-state index in [1.165, 1.54) is 51.6 Å². The minimum Gasteiger partial charge on any atom is -0.372 e. The van der Waals surface area contributed by atoms with E-state index in [0.29, 0.717) is 18.2 Å². The molecule has 120 valence electrons. The summed E-state index contributed by atoms with van der Waals surface area (Å²) in [4.78, 5) is 2.62. The first-order valence-corrected chi connectivity index (χ1v) is 8.76. The van der Waals surface area contributed by atoms with Crippen LogP contribution in [0.1, 0.15) is 66.2 Å². The van der Waals surface area contributed by atoms with Crippen molar-refractivity contribution in [3.63, 3.8) is 0 Å². The number of unbranched alkanes of at least 4 members (excludes halogenated alkanes) is 2. The van der Waals surface area contributed by atoms with Gasteiger partial charge in [-0.3, -0.25) is 0 Å². The molecule has 1 rings (SSSR count). The fourth-order valence-electron chi connectivity index (χ4n) is 2.78. The van der Waals surface area contributed by atoms with E-state index in [-0.39, 0.29) is 0 Å². The zero-order chi connectivity index (χ0) is 14.8. The summed E-state index contributed by atoms with van der Waals surface area (Å²) in [6, 6.07) is 0.559. The smallest absolute Gasteiger partial charge is 0.0707 e. The summed E-state index contributed by atoms with van der Waals surface area (Å²) in [6.07, 6.45) is 8.55. The lowest BCUT2D eigenvalue weighted by Crippen LogP contribution is -2.36. The topological polar surface area (TPSA) is 24.5 Å². The maximum Gasteiger partial charge on any atom is 0.0707 e. The van der Waals surface area contributed by atoms with Crippen LogP contribution in [0, 0.1) is 0 Å². The lowest BCUT2D eigenvalue weighted by Gasteiger charge is -2.25. The average Bonchev–Trinajstić information content (AvgIpc) is 2.87. The molecule has 1 N–H and O–H groups in total. The highest BCUT2D eigenvalue weighted by Crippen LogP contribution is 2.20. The molecule has 2 atom stereocenters. The first kappa shape index (κ1) is 17.9. The molecular formula is C17H36N2O. The van der Waals surface area contributed by atoms with Gasteiger partial charge >= 0.3 is 0 Å². The molecule has 0 radical (unpaired) electrons. The van der Waals surface area contributed by atoms with Gasteiger partial charge in [0.15, 0.2) is 0 Å². The Labute approximate surface area is 126 Å². The van der Waals surface area contributed by atoms with E-state index >= 15 is 0 Å².